The molecule has 0 saturated carbocycles. The molecule has 0 radical (unpaired) electrons. The summed E-state index contributed by atoms with van der Waals surface area (Å²) in [6, 6.07) is 0.435. The summed E-state index contributed by atoms with van der Waals surface area (Å²) in [5.41, 5.74) is 1.18. The molecule has 2 aromatic rings. The van der Waals surface area contributed by atoms with E-state index in [0.717, 1.165) is 12.4 Å². The molecule has 86 valence electrons. The molecule has 0 unspecified atom stereocenters. The van der Waals surface area contributed by atoms with Crippen LogP contribution in [0.1, 0.15) is 31.4 Å². The summed E-state index contributed by atoms with van der Waals surface area (Å²) in [5.74, 6) is 0.843. The third kappa shape index (κ3) is 2.46. The first-order valence-electron chi connectivity index (χ1n) is 5.33. The lowest BCUT2D eigenvalue weighted by molar-refractivity contribution is 0.547. The lowest BCUT2D eigenvalue weighted by Crippen LogP contribution is -2.17. The number of imidazole rings is 1. The first kappa shape index (κ1) is 10.8. The molecule has 0 fully saturated rings. The Balaban J connectivity index is 1.87. The second-order valence-electron chi connectivity index (χ2n) is 3.92. The standard InChI is InChI=1S/C10H16N6/c1-8(2)16-7-12-4-9(16)3-11-5-10-13-6-14-15-10/h4,6-8,11H,3,5H2,1-2H3,(H,13,14,15). The molecule has 2 N–H and O–H groups in total. The summed E-state index contributed by atoms with van der Waals surface area (Å²) in [5, 5.41) is 9.89. The second-order valence-corrected chi connectivity index (χ2v) is 3.92. The monoisotopic (exact) mass is 220 g/mol. The summed E-state index contributed by atoms with van der Waals surface area (Å²) in [6.07, 6.45) is 5.25. The van der Waals surface area contributed by atoms with E-state index in [0.29, 0.717) is 12.6 Å². The van der Waals surface area contributed by atoms with Gasteiger partial charge in [-0.1, -0.05) is 0 Å². The van der Waals surface area contributed by atoms with E-state index in [9.17, 15) is 0 Å². The molecule has 6 heteroatoms. The number of rotatable bonds is 5. The van der Waals surface area contributed by atoms with E-state index in [4.69, 9.17) is 0 Å². The summed E-state index contributed by atoms with van der Waals surface area (Å²) < 4.78 is 2.15. The SMILES string of the molecule is CC(C)n1cncc1CNCc1ncn[nH]1. The van der Waals surface area contributed by atoms with Crippen LogP contribution >= 0.6 is 0 Å². The van der Waals surface area contributed by atoms with Crippen LogP contribution in [0.5, 0.6) is 0 Å². The molecule has 0 aliphatic rings. The molecule has 0 aromatic carbocycles. The third-order valence-corrected chi connectivity index (χ3v) is 2.37. The van der Waals surface area contributed by atoms with Crippen LogP contribution in [0.15, 0.2) is 18.9 Å². The summed E-state index contributed by atoms with van der Waals surface area (Å²) >= 11 is 0. The average molecular weight is 220 g/mol. The van der Waals surface area contributed by atoms with Crippen LogP contribution in [0.25, 0.3) is 0 Å². The van der Waals surface area contributed by atoms with Crippen molar-refractivity contribution < 1.29 is 0 Å². The highest BCUT2D eigenvalue weighted by Gasteiger charge is 2.04. The number of aromatic nitrogens is 5. The third-order valence-electron chi connectivity index (χ3n) is 2.37. The van der Waals surface area contributed by atoms with E-state index in [1.165, 1.54) is 12.0 Å². The maximum absolute atomic E-state index is 4.15. The van der Waals surface area contributed by atoms with Crippen LogP contribution in [0, 0.1) is 0 Å². The van der Waals surface area contributed by atoms with Gasteiger partial charge in [0.15, 0.2) is 0 Å². The van der Waals surface area contributed by atoms with Crippen molar-refractivity contribution in [2.24, 2.45) is 0 Å². The molecule has 0 amide bonds. The molecule has 6 nitrogen and oxygen atoms in total. The summed E-state index contributed by atoms with van der Waals surface area (Å²) in [4.78, 5) is 8.19. The second kappa shape index (κ2) is 4.89. The van der Waals surface area contributed by atoms with Gasteiger partial charge in [0.25, 0.3) is 0 Å². The van der Waals surface area contributed by atoms with Crippen molar-refractivity contribution in [1.29, 1.82) is 0 Å². The predicted molar refractivity (Wildman–Crippen MR) is 59.5 cm³/mol. The van der Waals surface area contributed by atoms with Crippen LogP contribution in [-0.4, -0.2) is 24.7 Å². The Kier molecular flexibility index (Phi) is 3.31. The summed E-state index contributed by atoms with van der Waals surface area (Å²) in [6.45, 7) is 5.74. The quantitative estimate of drug-likeness (QED) is 0.784. The Labute approximate surface area is 94.1 Å². The van der Waals surface area contributed by atoms with Crippen molar-refractivity contribution in [1.82, 2.24) is 30.0 Å². The van der Waals surface area contributed by atoms with Gasteiger partial charge in [-0.05, 0) is 13.8 Å². The number of hydrogen-bond donors (Lipinski definition) is 2. The number of aromatic amines is 1. The van der Waals surface area contributed by atoms with Crippen molar-refractivity contribution in [2.75, 3.05) is 0 Å². The predicted octanol–water partition coefficient (Wildman–Crippen LogP) is 0.872. The first-order valence-corrected chi connectivity index (χ1v) is 5.33. The maximum Gasteiger partial charge on any atom is 0.138 e. The lowest BCUT2D eigenvalue weighted by Gasteiger charge is -2.11. The highest BCUT2D eigenvalue weighted by molar-refractivity contribution is 4.99. The largest absolute Gasteiger partial charge is 0.331 e. The molecule has 2 aromatic heterocycles. The van der Waals surface area contributed by atoms with E-state index < -0.39 is 0 Å². The molecule has 2 rings (SSSR count). The van der Waals surface area contributed by atoms with Crippen LogP contribution in [-0.2, 0) is 13.1 Å². The average Bonchev–Trinajstić information content (AvgIpc) is 2.87. The molecule has 0 atom stereocenters. The van der Waals surface area contributed by atoms with E-state index in [1.807, 2.05) is 12.5 Å². The minimum absolute atomic E-state index is 0.435. The van der Waals surface area contributed by atoms with Gasteiger partial charge in [-0.15, -0.1) is 0 Å². The van der Waals surface area contributed by atoms with Crippen molar-refractivity contribution >= 4 is 0 Å². The lowest BCUT2D eigenvalue weighted by atomic mass is 10.3. The van der Waals surface area contributed by atoms with Gasteiger partial charge in [0, 0.05) is 18.8 Å². The molecular formula is C10H16N6. The fourth-order valence-corrected chi connectivity index (χ4v) is 1.56. The van der Waals surface area contributed by atoms with Crippen molar-refractivity contribution in [3.05, 3.63) is 30.4 Å². The van der Waals surface area contributed by atoms with Crippen LogP contribution in [0.2, 0.25) is 0 Å². The number of nitrogens with one attached hydrogen (secondary N) is 2. The number of H-pyrrole nitrogens is 1. The van der Waals surface area contributed by atoms with Crippen molar-refractivity contribution in [3.63, 3.8) is 0 Å². The Bertz CT molecular complexity index is 416. The van der Waals surface area contributed by atoms with E-state index in [2.05, 4.69) is 43.9 Å². The Morgan fingerprint density at radius 2 is 2.31 bits per heavy atom. The molecule has 2 heterocycles. The van der Waals surface area contributed by atoms with Crippen molar-refractivity contribution in [2.45, 2.75) is 33.0 Å². The molecule has 0 saturated heterocycles. The zero-order chi connectivity index (χ0) is 11.4. The van der Waals surface area contributed by atoms with Gasteiger partial charge in [0.1, 0.15) is 12.2 Å². The van der Waals surface area contributed by atoms with E-state index >= 15 is 0 Å². The molecule has 16 heavy (non-hydrogen) atoms. The highest BCUT2D eigenvalue weighted by atomic mass is 15.2. The normalized spacial score (nSPS) is 11.2. The minimum Gasteiger partial charge on any atom is -0.331 e. The first-order chi connectivity index (χ1) is 7.77. The smallest absolute Gasteiger partial charge is 0.138 e. The topological polar surface area (TPSA) is 71.4 Å². The van der Waals surface area contributed by atoms with E-state index in [1.54, 1.807) is 0 Å². The van der Waals surface area contributed by atoms with Gasteiger partial charge in [-0.2, -0.15) is 5.10 Å². The minimum atomic E-state index is 0.435. The Hall–Kier alpha value is -1.69. The van der Waals surface area contributed by atoms with Gasteiger partial charge >= 0.3 is 0 Å². The van der Waals surface area contributed by atoms with Gasteiger partial charge in [-0.3, -0.25) is 5.10 Å². The van der Waals surface area contributed by atoms with Gasteiger partial charge in [0.05, 0.1) is 18.6 Å². The number of hydrogen-bond acceptors (Lipinski definition) is 4. The van der Waals surface area contributed by atoms with Gasteiger partial charge in [0.2, 0.25) is 0 Å². The van der Waals surface area contributed by atoms with Crippen molar-refractivity contribution in [3.8, 4) is 0 Å². The molecule has 0 spiro atoms. The van der Waals surface area contributed by atoms with Crippen LogP contribution < -0.4 is 5.32 Å². The maximum atomic E-state index is 4.15. The fraction of sp³-hybridized carbons (Fsp3) is 0.500. The van der Waals surface area contributed by atoms with Crippen LogP contribution in [0.4, 0.5) is 0 Å². The Morgan fingerprint density at radius 1 is 1.44 bits per heavy atom. The Morgan fingerprint density at radius 3 is 3.00 bits per heavy atom. The fourth-order valence-electron chi connectivity index (χ4n) is 1.56. The summed E-state index contributed by atoms with van der Waals surface area (Å²) in [7, 11) is 0. The van der Waals surface area contributed by atoms with E-state index in [-0.39, 0.29) is 0 Å². The molecular weight excluding hydrogens is 204 g/mol. The number of nitrogens with zero attached hydrogens (tertiary/aromatic N) is 4. The molecule has 0 bridgehead atoms. The van der Waals surface area contributed by atoms with Crippen LogP contribution in [0.3, 0.4) is 0 Å². The zero-order valence-corrected chi connectivity index (χ0v) is 9.51. The van der Waals surface area contributed by atoms with Gasteiger partial charge < -0.3 is 9.88 Å². The molecule has 0 aliphatic heterocycles. The zero-order valence-electron chi connectivity index (χ0n) is 9.51. The van der Waals surface area contributed by atoms with Gasteiger partial charge in [-0.25, -0.2) is 9.97 Å². The molecule has 0 aliphatic carbocycles. The highest BCUT2D eigenvalue weighted by Crippen LogP contribution is 2.08.